The number of rotatable bonds is 6. The fourth-order valence-corrected chi connectivity index (χ4v) is 4.26. The van der Waals surface area contributed by atoms with Crippen LogP contribution in [0.1, 0.15) is 11.1 Å². The van der Waals surface area contributed by atoms with E-state index in [1.807, 2.05) is 24.3 Å². The predicted octanol–water partition coefficient (Wildman–Crippen LogP) is 4.81. The summed E-state index contributed by atoms with van der Waals surface area (Å²) < 4.78 is 13.6. The standard InChI is InChI=1S/C16H17FN4S3.BrH/c17-12-5-6-14(11(7-12)9-23-16(20)21)24-13-4-2-1-3-10(13)8-22-15(18)19;/h1-7H,8-9H2,(H3,18,19)(H3,20,21);1H. The van der Waals surface area contributed by atoms with Crippen LogP contribution in [0.2, 0.25) is 0 Å². The Morgan fingerprint density at radius 3 is 2.08 bits per heavy atom. The molecule has 6 N–H and O–H groups in total. The minimum atomic E-state index is -0.307. The molecule has 0 amide bonds. The molecule has 2 rings (SSSR count). The smallest absolute Gasteiger partial charge is 0.151 e. The molecule has 2 aromatic rings. The summed E-state index contributed by atoms with van der Waals surface area (Å²) >= 11 is 3.97. The zero-order chi connectivity index (χ0) is 17.5. The summed E-state index contributed by atoms with van der Waals surface area (Å²) in [6.45, 7) is 0. The highest BCUT2D eigenvalue weighted by atomic mass is 79.9. The number of nitrogens with one attached hydrogen (secondary N) is 2. The maximum atomic E-state index is 13.6. The van der Waals surface area contributed by atoms with Gasteiger partial charge in [-0.15, -0.1) is 17.0 Å². The van der Waals surface area contributed by atoms with Crippen molar-refractivity contribution in [3.63, 3.8) is 0 Å². The molecule has 0 aliphatic carbocycles. The van der Waals surface area contributed by atoms with Gasteiger partial charge in [0.2, 0.25) is 0 Å². The minimum absolute atomic E-state index is 0. The fourth-order valence-electron chi connectivity index (χ4n) is 1.91. The van der Waals surface area contributed by atoms with E-state index in [9.17, 15) is 4.39 Å². The van der Waals surface area contributed by atoms with Crippen molar-refractivity contribution in [3.05, 3.63) is 59.4 Å². The molecular weight excluding hydrogens is 443 g/mol. The molecule has 0 heterocycles. The summed E-state index contributed by atoms with van der Waals surface area (Å²) in [4.78, 5) is 1.96. The van der Waals surface area contributed by atoms with Gasteiger partial charge in [0.1, 0.15) is 5.82 Å². The molecule has 0 spiro atoms. The van der Waals surface area contributed by atoms with Crippen molar-refractivity contribution in [1.29, 1.82) is 10.8 Å². The second kappa shape index (κ2) is 10.7. The number of benzene rings is 2. The molecule has 0 aliphatic heterocycles. The Kier molecular flexibility index (Phi) is 9.41. The molecule has 0 saturated heterocycles. The van der Waals surface area contributed by atoms with E-state index >= 15 is 0 Å². The highest BCUT2D eigenvalue weighted by Crippen LogP contribution is 2.35. The quantitative estimate of drug-likeness (QED) is 0.366. The molecule has 0 aliphatic rings. The first-order valence-electron chi connectivity index (χ1n) is 6.93. The maximum absolute atomic E-state index is 13.6. The lowest BCUT2D eigenvalue weighted by atomic mass is 10.2. The first-order chi connectivity index (χ1) is 11.5. The largest absolute Gasteiger partial charge is 0.379 e. The monoisotopic (exact) mass is 460 g/mol. The minimum Gasteiger partial charge on any atom is -0.379 e. The van der Waals surface area contributed by atoms with Gasteiger partial charge in [0.25, 0.3) is 0 Å². The maximum Gasteiger partial charge on any atom is 0.151 e. The Hall–Kier alpha value is -1.16. The van der Waals surface area contributed by atoms with E-state index in [-0.39, 0.29) is 33.1 Å². The Labute approximate surface area is 169 Å². The lowest BCUT2D eigenvalue weighted by Gasteiger charge is -2.12. The summed E-state index contributed by atoms with van der Waals surface area (Å²) in [5.74, 6) is 0.746. The van der Waals surface area contributed by atoms with Gasteiger partial charge in [-0.1, -0.05) is 53.5 Å². The predicted molar refractivity (Wildman–Crippen MR) is 114 cm³/mol. The highest BCUT2D eigenvalue weighted by molar-refractivity contribution is 8.93. The third-order valence-electron chi connectivity index (χ3n) is 2.98. The number of thioether (sulfide) groups is 2. The third-order valence-corrected chi connectivity index (χ3v) is 5.75. The molecule has 25 heavy (non-hydrogen) atoms. The van der Waals surface area contributed by atoms with Gasteiger partial charge in [-0.05, 0) is 35.4 Å². The fraction of sp³-hybridized carbons (Fsp3) is 0.125. The number of halogens is 2. The van der Waals surface area contributed by atoms with Gasteiger partial charge in [0.15, 0.2) is 10.3 Å². The van der Waals surface area contributed by atoms with Crippen molar-refractivity contribution >= 4 is 62.6 Å². The van der Waals surface area contributed by atoms with Gasteiger partial charge in [0, 0.05) is 21.3 Å². The van der Waals surface area contributed by atoms with Crippen LogP contribution in [0.5, 0.6) is 0 Å². The van der Waals surface area contributed by atoms with Crippen LogP contribution in [-0.4, -0.2) is 10.3 Å². The lowest BCUT2D eigenvalue weighted by Crippen LogP contribution is -2.04. The second-order valence-corrected chi connectivity index (χ2v) is 7.89. The summed E-state index contributed by atoms with van der Waals surface area (Å²) in [5.41, 5.74) is 12.7. The highest BCUT2D eigenvalue weighted by Gasteiger charge is 2.10. The Balaban J connectivity index is 0.00000312. The molecule has 9 heteroatoms. The van der Waals surface area contributed by atoms with Crippen LogP contribution in [-0.2, 0) is 11.5 Å². The number of hydrogen-bond donors (Lipinski definition) is 4. The molecular formula is C16H18BrFN4S3. The number of nitrogens with two attached hydrogens (primary N) is 2. The van der Waals surface area contributed by atoms with E-state index in [0.29, 0.717) is 11.5 Å². The summed E-state index contributed by atoms with van der Waals surface area (Å²) in [5, 5.41) is 14.8. The molecule has 0 aromatic heterocycles. The zero-order valence-corrected chi connectivity index (χ0v) is 17.3. The third kappa shape index (κ3) is 7.31. The van der Waals surface area contributed by atoms with Crippen LogP contribution >= 0.6 is 52.3 Å². The number of amidine groups is 2. The van der Waals surface area contributed by atoms with E-state index in [2.05, 4.69) is 0 Å². The van der Waals surface area contributed by atoms with Crippen LogP contribution in [0, 0.1) is 16.6 Å². The first-order valence-corrected chi connectivity index (χ1v) is 9.72. The van der Waals surface area contributed by atoms with Crippen molar-refractivity contribution in [2.24, 2.45) is 11.5 Å². The average Bonchev–Trinajstić information content (AvgIpc) is 2.54. The van der Waals surface area contributed by atoms with Gasteiger partial charge in [-0.25, -0.2) is 4.39 Å². The van der Waals surface area contributed by atoms with Crippen molar-refractivity contribution < 1.29 is 4.39 Å². The molecule has 0 atom stereocenters. The van der Waals surface area contributed by atoms with E-state index in [0.717, 1.165) is 20.9 Å². The lowest BCUT2D eigenvalue weighted by molar-refractivity contribution is 0.625. The van der Waals surface area contributed by atoms with Gasteiger partial charge in [-0.2, -0.15) is 0 Å². The van der Waals surface area contributed by atoms with Crippen molar-refractivity contribution in [2.75, 3.05) is 0 Å². The van der Waals surface area contributed by atoms with E-state index < -0.39 is 0 Å². The molecule has 0 bridgehead atoms. The van der Waals surface area contributed by atoms with E-state index in [4.69, 9.17) is 22.3 Å². The van der Waals surface area contributed by atoms with E-state index in [1.165, 1.54) is 47.4 Å². The van der Waals surface area contributed by atoms with E-state index in [1.54, 1.807) is 6.07 Å². The molecule has 2 aromatic carbocycles. The molecule has 4 nitrogen and oxygen atoms in total. The van der Waals surface area contributed by atoms with Crippen LogP contribution in [0.3, 0.4) is 0 Å². The van der Waals surface area contributed by atoms with Gasteiger partial charge < -0.3 is 11.5 Å². The van der Waals surface area contributed by atoms with Crippen molar-refractivity contribution in [3.8, 4) is 0 Å². The zero-order valence-electron chi connectivity index (χ0n) is 13.1. The molecule has 0 unspecified atom stereocenters. The van der Waals surface area contributed by atoms with Gasteiger partial charge >= 0.3 is 0 Å². The molecule has 0 radical (unpaired) electrons. The average molecular weight is 461 g/mol. The van der Waals surface area contributed by atoms with Crippen molar-refractivity contribution in [2.45, 2.75) is 21.3 Å². The Morgan fingerprint density at radius 1 is 0.880 bits per heavy atom. The normalized spacial score (nSPS) is 10.1. The topological polar surface area (TPSA) is 99.7 Å². The molecule has 134 valence electrons. The molecule has 0 fully saturated rings. The Bertz CT molecular complexity index is 758. The SMILES string of the molecule is Br.N=C(N)SCc1ccccc1Sc1ccc(F)cc1CSC(=N)N. The Morgan fingerprint density at radius 2 is 1.44 bits per heavy atom. The number of hydrogen-bond acceptors (Lipinski definition) is 5. The van der Waals surface area contributed by atoms with Crippen LogP contribution in [0.15, 0.2) is 52.3 Å². The summed E-state index contributed by atoms with van der Waals surface area (Å²) in [7, 11) is 0. The van der Waals surface area contributed by atoms with Crippen LogP contribution in [0.4, 0.5) is 4.39 Å². The summed E-state index contributed by atoms with van der Waals surface area (Å²) in [6, 6.07) is 12.5. The van der Waals surface area contributed by atoms with Gasteiger partial charge in [-0.3, -0.25) is 10.8 Å². The van der Waals surface area contributed by atoms with Gasteiger partial charge in [0.05, 0.1) is 0 Å². The second-order valence-electron chi connectivity index (χ2n) is 4.77. The first kappa shape index (κ1) is 21.9. The molecule has 0 saturated carbocycles. The van der Waals surface area contributed by atoms with Crippen LogP contribution in [0.25, 0.3) is 0 Å². The van der Waals surface area contributed by atoms with Crippen LogP contribution < -0.4 is 11.5 Å². The summed E-state index contributed by atoms with van der Waals surface area (Å²) in [6.07, 6.45) is 0. The van der Waals surface area contributed by atoms with Crippen molar-refractivity contribution in [1.82, 2.24) is 0 Å².